The highest BCUT2D eigenvalue weighted by Gasteiger charge is 2.20. The number of rotatable bonds is 0. The van der Waals surface area contributed by atoms with Gasteiger partial charge in [0.2, 0.25) is 5.91 Å². The van der Waals surface area contributed by atoms with Crippen molar-refractivity contribution in [2.45, 2.75) is 25.7 Å². The number of benzene rings is 1. The summed E-state index contributed by atoms with van der Waals surface area (Å²) in [5, 5.41) is 0. The molecule has 0 spiro atoms. The molecule has 1 aliphatic heterocycles. The number of amides is 1. The number of carbonyl (C=O) groups excluding carboxylic acids is 1. The largest absolute Gasteiger partial charge is 0.314 e. The second kappa shape index (κ2) is 5.21. The quantitative estimate of drug-likeness (QED) is 0.673. The molecule has 0 saturated carbocycles. The number of aryl methyl sites for hydroxylation is 1. The van der Waals surface area contributed by atoms with Crippen LogP contribution in [0.3, 0.4) is 0 Å². The summed E-state index contributed by atoms with van der Waals surface area (Å²) in [6.45, 7) is 6.04. The molecule has 0 aromatic heterocycles. The van der Waals surface area contributed by atoms with Crippen LogP contribution in [-0.2, 0) is 4.79 Å². The minimum atomic E-state index is 0.183. The van der Waals surface area contributed by atoms with Gasteiger partial charge in [0.1, 0.15) is 0 Å². The van der Waals surface area contributed by atoms with Crippen molar-refractivity contribution in [1.29, 1.82) is 0 Å². The van der Waals surface area contributed by atoms with Crippen molar-refractivity contribution < 1.29 is 4.79 Å². The van der Waals surface area contributed by atoms with Crippen molar-refractivity contribution in [3.05, 3.63) is 23.8 Å². The first kappa shape index (κ1) is 12.1. The van der Waals surface area contributed by atoms with E-state index >= 15 is 0 Å². The molecule has 0 fully saturated rings. The Balaban J connectivity index is 0.000000531. The Morgan fingerprint density at radius 2 is 2.00 bits per heavy atom. The zero-order chi connectivity index (χ0) is 11.4. The van der Waals surface area contributed by atoms with Crippen molar-refractivity contribution in [1.82, 2.24) is 0 Å². The Labute approximate surface area is 95.7 Å². The van der Waals surface area contributed by atoms with Gasteiger partial charge in [0.25, 0.3) is 0 Å². The predicted molar refractivity (Wildman–Crippen MR) is 66.7 cm³/mol. The minimum absolute atomic E-state index is 0.183. The summed E-state index contributed by atoms with van der Waals surface area (Å²) < 4.78 is 0. The Bertz CT molecular complexity index is 363. The number of nitrogens with zero attached hydrogens (tertiary/aromatic N) is 1. The van der Waals surface area contributed by atoms with Gasteiger partial charge >= 0.3 is 0 Å². The fourth-order valence-electron chi connectivity index (χ4n) is 1.38. The van der Waals surface area contributed by atoms with Crippen LogP contribution >= 0.6 is 11.8 Å². The average Bonchev–Trinajstić information content (AvgIpc) is 2.27. The lowest BCUT2D eigenvalue weighted by atomic mass is 10.2. The van der Waals surface area contributed by atoms with Crippen molar-refractivity contribution in [3.8, 4) is 0 Å². The van der Waals surface area contributed by atoms with E-state index in [-0.39, 0.29) is 5.91 Å². The summed E-state index contributed by atoms with van der Waals surface area (Å²) in [5.41, 5.74) is 2.24. The van der Waals surface area contributed by atoms with Gasteiger partial charge in [-0.25, -0.2) is 0 Å². The van der Waals surface area contributed by atoms with Crippen LogP contribution in [0.25, 0.3) is 0 Å². The lowest BCUT2D eigenvalue weighted by molar-refractivity contribution is -0.116. The molecule has 2 rings (SSSR count). The second-order valence-corrected chi connectivity index (χ2v) is 4.23. The van der Waals surface area contributed by atoms with Crippen LogP contribution in [0.2, 0.25) is 0 Å². The third-order valence-electron chi connectivity index (χ3n) is 2.20. The van der Waals surface area contributed by atoms with E-state index in [4.69, 9.17) is 0 Å². The van der Waals surface area contributed by atoms with E-state index in [1.165, 1.54) is 10.5 Å². The van der Waals surface area contributed by atoms with Crippen molar-refractivity contribution in [3.63, 3.8) is 0 Å². The highest BCUT2D eigenvalue weighted by Crippen LogP contribution is 2.34. The van der Waals surface area contributed by atoms with Crippen LogP contribution in [0.5, 0.6) is 0 Å². The number of thioether (sulfide) groups is 1. The second-order valence-electron chi connectivity index (χ2n) is 3.21. The fraction of sp³-hybridized carbons (Fsp3) is 0.417. The summed E-state index contributed by atoms with van der Waals surface area (Å²) in [6, 6.07) is 6.22. The molecule has 1 aromatic rings. The summed E-state index contributed by atoms with van der Waals surface area (Å²) in [7, 11) is 1.83. The molecule has 1 heterocycles. The van der Waals surface area contributed by atoms with E-state index < -0.39 is 0 Å². The Hall–Kier alpha value is -0.960. The van der Waals surface area contributed by atoms with Gasteiger partial charge in [0, 0.05) is 11.9 Å². The summed E-state index contributed by atoms with van der Waals surface area (Å²) in [6.07, 6.45) is 0. The topological polar surface area (TPSA) is 20.3 Å². The summed E-state index contributed by atoms with van der Waals surface area (Å²) in [4.78, 5) is 14.3. The van der Waals surface area contributed by atoms with Gasteiger partial charge < -0.3 is 4.90 Å². The molecule has 82 valence electrons. The van der Waals surface area contributed by atoms with Crippen LogP contribution in [0, 0.1) is 6.92 Å². The van der Waals surface area contributed by atoms with Crippen molar-refractivity contribution in [2.75, 3.05) is 17.7 Å². The molecule has 1 aromatic carbocycles. The molecule has 0 unspecified atom stereocenters. The summed E-state index contributed by atoms with van der Waals surface area (Å²) >= 11 is 1.62. The number of hydrogen-bond acceptors (Lipinski definition) is 2. The average molecular weight is 223 g/mol. The standard InChI is InChI=1S/C10H11NOS.C2H6/c1-7-3-4-9-8(5-7)11(2)10(12)6-13-9;1-2/h3-5H,6H2,1-2H3;1-2H3. The van der Waals surface area contributed by atoms with Gasteiger partial charge in [-0.05, 0) is 24.6 Å². The van der Waals surface area contributed by atoms with Crippen molar-refractivity contribution in [2.24, 2.45) is 0 Å². The lowest BCUT2D eigenvalue weighted by Crippen LogP contribution is -2.31. The van der Waals surface area contributed by atoms with Crippen LogP contribution in [0.1, 0.15) is 19.4 Å². The number of hydrogen-bond donors (Lipinski definition) is 0. The Morgan fingerprint density at radius 3 is 2.67 bits per heavy atom. The van der Waals surface area contributed by atoms with E-state index in [2.05, 4.69) is 18.2 Å². The van der Waals surface area contributed by atoms with Gasteiger partial charge in [-0.3, -0.25) is 4.79 Å². The molecule has 0 bridgehead atoms. The maximum Gasteiger partial charge on any atom is 0.237 e. The van der Waals surface area contributed by atoms with Crippen LogP contribution in [0.15, 0.2) is 23.1 Å². The highest BCUT2D eigenvalue weighted by atomic mass is 32.2. The molecule has 2 nitrogen and oxygen atoms in total. The maximum absolute atomic E-state index is 11.4. The third-order valence-corrected chi connectivity index (χ3v) is 3.25. The first-order valence-corrected chi connectivity index (χ1v) is 6.17. The van der Waals surface area contributed by atoms with E-state index in [1.54, 1.807) is 16.7 Å². The molecule has 0 radical (unpaired) electrons. The molecule has 0 atom stereocenters. The normalized spacial score (nSPS) is 14.1. The van der Waals surface area contributed by atoms with Crippen molar-refractivity contribution >= 4 is 23.4 Å². The van der Waals surface area contributed by atoms with Crippen LogP contribution in [0.4, 0.5) is 5.69 Å². The first-order valence-electron chi connectivity index (χ1n) is 5.18. The molecule has 0 saturated heterocycles. The fourth-order valence-corrected chi connectivity index (χ4v) is 2.36. The zero-order valence-electron chi connectivity index (χ0n) is 9.70. The number of fused-ring (bicyclic) bond motifs is 1. The van der Waals surface area contributed by atoms with E-state index in [0.29, 0.717) is 5.75 Å². The van der Waals surface area contributed by atoms with Gasteiger partial charge in [-0.2, -0.15) is 0 Å². The maximum atomic E-state index is 11.4. The molecule has 3 heteroatoms. The van der Waals surface area contributed by atoms with Gasteiger partial charge in [0.15, 0.2) is 0 Å². The van der Waals surface area contributed by atoms with Gasteiger partial charge in [0.05, 0.1) is 11.4 Å². The zero-order valence-corrected chi connectivity index (χ0v) is 10.5. The molecule has 1 aliphatic rings. The minimum Gasteiger partial charge on any atom is -0.314 e. The molecule has 1 amide bonds. The van der Waals surface area contributed by atoms with Crippen LogP contribution in [-0.4, -0.2) is 18.7 Å². The number of anilines is 1. The Morgan fingerprint density at radius 1 is 1.33 bits per heavy atom. The van der Waals surface area contributed by atoms with E-state index in [0.717, 1.165) is 5.69 Å². The lowest BCUT2D eigenvalue weighted by Gasteiger charge is -2.25. The van der Waals surface area contributed by atoms with Crippen LogP contribution < -0.4 is 4.90 Å². The highest BCUT2D eigenvalue weighted by molar-refractivity contribution is 8.00. The summed E-state index contributed by atoms with van der Waals surface area (Å²) in [5.74, 6) is 0.745. The molecule has 0 N–H and O–H groups in total. The first-order chi connectivity index (χ1) is 7.18. The Kier molecular flexibility index (Phi) is 4.21. The SMILES string of the molecule is CC.Cc1ccc2c(c1)N(C)C(=O)CS2. The number of carbonyl (C=O) groups is 1. The molecular formula is C12H17NOS. The van der Waals surface area contributed by atoms with Gasteiger partial charge in [-0.15, -0.1) is 11.8 Å². The molecule has 0 aliphatic carbocycles. The predicted octanol–water partition coefficient (Wildman–Crippen LogP) is 3.09. The smallest absolute Gasteiger partial charge is 0.237 e. The third kappa shape index (κ3) is 2.53. The van der Waals surface area contributed by atoms with E-state index in [9.17, 15) is 4.79 Å². The van der Waals surface area contributed by atoms with E-state index in [1.807, 2.05) is 27.8 Å². The molecular weight excluding hydrogens is 206 g/mol. The van der Waals surface area contributed by atoms with Gasteiger partial charge in [-0.1, -0.05) is 19.9 Å². The molecule has 15 heavy (non-hydrogen) atoms. The monoisotopic (exact) mass is 223 g/mol.